The van der Waals surface area contributed by atoms with Crippen molar-refractivity contribution in [2.24, 2.45) is 0 Å². The molecule has 0 aromatic rings. The Labute approximate surface area is 157 Å². The van der Waals surface area contributed by atoms with E-state index in [1.165, 1.54) is 32.1 Å². The fourth-order valence-corrected chi connectivity index (χ4v) is 4.15. The molecule has 0 radical (unpaired) electrons. The molecule has 2 aliphatic rings. The number of carbonyl (C=O) groups excluding carboxylic acids is 1. The molecule has 2 aliphatic carbocycles. The Bertz CT molecular complexity index is 448. The SMILES string of the molecule is CCN(CC(=O)O)C1CC(NC(=O)NCCCN(C)C2CCCCC2)C1. The first-order valence-corrected chi connectivity index (χ1v) is 10.2. The maximum atomic E-state index is 12.0. The minimum Gasteiger partial charge on any atom is -0.480 e. The molecule has 2 saturated carbocycles. The third-order valence-electron chi connectivity index (χ3n) is 5.88. The van der Waals surface area contributed by atoms with Crippen LogP contribution < -0.4 is 10.6 Å². The largest absolute Gasteiger partial charge is 0.480 e. The van der Waals surface area contributed by atoms with E-state index in [2.05, 4.69) is 22.6 Å². The van der Waals surface area contributed by atoms with Gasteiger partial charge in [0.2, 0.25) is 0 Å². The molecule has 0 aromatic carbocycles. The van der Waals surface area contributed by atoms with Gasteiger partial charge in [0.1, 0.15) is 0 Å². The highest BCUT2D eigenvalue weighted by atomic mass is 16.4. The molecule has 7 heteroatoms. The van der Waals surface area contributed by atoms with E-state index >= 15 is 0 Å². The van der Waals surface area contributed by atoms with Gasteiger partial charge in [-0.3, -0.25) is 9.69 Å². The molecule has 2 rings (SSSR count). The molecule has 150 valence electrons. The number of nitrogens with zero attached hydrogens (tertiary/aromatic N) is 2. The van der Waals surface area contributed by atoms with Crippen molar-refractivity contribution in [2.45, 2.75) is 76.4 Å². The fourth-order valence-electron chi connectivity index (χ4n) is 4.15. The quantitative estimate of drug-likeness (QED) is 0.513. The van der Waals surface area contributed by atoms with Crippen molar-refractivity contribution in [3.8, 4) is 0 Å². The van der Waals surface area contributed by atoms with Crippen LogP contribution in [0, 0.1) is 0 Å². The molecule has 2 fully saturated rings. The lowest BCUT2D eigenvalue weighted by atomic mass is 9.85. The molecule has 7 nitrogen and oxygen atoms in total. The van der Waals surface area contributed by atoms with Crippen LogP contribution in [0.15, 0.2) is 0 Å². The Hall–Kier alpha value is -1.34. The number of hydrogen-bond donors (Lipinski definition) is 3. The maximum Gasteiger partial charge on any atom is 0.317 e. The lowest BCUT2D eigenvalue weighted by Crippen LogP contribution is -2.56. The van der Waals surface area contributed by atoms with Gasteiger partial charge in [0, 0.05) is 24.7 Å². The second-order valence-electron chi connectivity index (χ2n) is 7.81. The van der Waals surface area contributed by atoms with Crippen LogP contribution in [0.3, 0.4) is 0 Å². The van der Waals surface area contributed by atoms with Crippen LogP contribution in [0.1, 0.15) is 58.3 Å². The lowest BCUT2D eigenvalue weighted by Gasteiger charge is -2.42. The molecule has 0 heterocycles. The lowest BCUT2D eigenvalue weighted by molar-refractivity contribution is -0.139. The second kappa shape index (κ2) is 10.7. The van der Waals surface area contributed by atoms with Crippen LogP contribution in [0.2, 0.25) is 0 Å². The Morgan fingerprint density at radius 3 is 2.42 bits per heavy atom. The highest BCUT2D eigenvalue weighted by molar-refractivity contribution is 5.74. The molecule has 0 aliphatic heterocycles. The van der Waals surface area contributed by atoms with Gasteiger partial charge in [0.15, 0.2) is 0 Å². The summed E-state index contributed by atoms with van der Waals surface area (Å²) in [6, 6.07) is 1.05. The summed E-state index contributed by atoms with van der Waals surface area (Å²) in [7, 11) is 2.20. The summed E-state index contributed by atoms with van der Waals surface area (Å²) in [5.41, 5.74) is 0. The van der Waals surface area contributed by atoms with Crippen LogP contribution in [-0.4, -0.2) is 78.3 Å². The maximum absolute atomic E-state index is 12.0. The van der Waals surface area contributed by atoms with Crippen molar-refractivity contribution >= 4 is 12.0 Å². The predicted octanol–water partition coefficient (Wildman–Crippen LogP) is 1.88. The number of likely N-dealkylation sites (N-methyl/N-ethyl adjacent to an activating group) is 1. The van der Waals surface area contributed by atoms with Gasteiger partial charge < -0.3 is 20.6 Å². The van der Waals surface area contributed by atoms with E-state index in [0.717, 1.165) is 38.4 Å². The van der Waals surface area contributed by atoms with Crippen molar-refractivity contribution in [3.05, 3.63) is 0 Å². The summed E-state index contributed by atoms with van der Waals surface area (Å²) < 4.78 is 0. The highest BCUT2D eigenvalue weighted by Crippen LogP contribution is 2.25. The molecule has 0 saturated heterocycles. The summed E-state index contributed by atoms with van der Waals surface area (Å²) in [6.07, 6.45) is 9.32. The summed E-state index contributed by atoms with van der Waals surface area (Å²) in [6.45, 7) is 4.50. The smallest absolute Gasteiger partial charge is 0.317 e. The van der Waals surface area contributed by atoms with Gasteiger partial charge in [-0.05, 0) is 52.2 Å². The van der Waals surface area contributed by atoms with Gasteiger partial charge >= 0.3 is 12.0 Å². The van der Waals surface area contributed by atoms with E-state index < -0.39 is 5.97 Å². The third-order valence-corrected chi connectivity index (χ3v) is 5.88. The average molecular weight is 369 g/mol. The Balaban J connectivity index is 1.52. The number of rotatable bonds is 10. The van der Waals surface area contributed by atoms with Crippen molar-refractivity contribution in [1.82, 2.24) is 20.4 Å². The monoisotopic (exact) mass is 368 g/mol. The van der Waals surface area contributed by atoms with Gasteiger partial charge in [-0.15, -0.1) is 0 Å². The van der Waals surface area contributed by atoms with Gasteiger partial charge in [-0.1, -0.05) is 26.2 Å². The number of nitrogens with one attached hydrogen (secondary N) is 2. The highest BCUT2D eigenvalue weighted by Gasteiger charge is 2.34. The van der Waals surface area contributed by atoms with E-state index in [0.29, 0.717) is 6.54 Å². The zero-order chi connectivity index (χ0) is 18.9. The van der Waals surface area contributed by atoms with Crippen LogP contribution in [0.25, 0.3) is 0 Å². The van der Waals surface area contributed by atoms with Crippen molar-refractivity contribution in [1.29, 1.82) is 0 Å². The van der Waals surface area contributed by atoms with E-state index in [9.17, 15) is 9.59 Å². The average Bonchev–Trinajstić information content (AvgIpc) is 2.60. The molecule has 0 bridgehead atoms. The first-order chi connectivity index (χ1) is 12.5. The molecule has 26 heavy (non-hydrogen) atoms. The van der Waals surface area contributed by atoms with Crippen LogP contribution >= 0.6 is 0 Å². The van der Waals surface area contributed by atoms with Crippen molar-refractivity contribution < 1.29 is 14.7 Å². The number of carbonyl (C=O) groups is 2. The normalized spacial score (nSPS) is 23.7. The summed E-state index contributed by atoms with van der Waals surface area (Å²) in [5, 5.41) is 14.9. The number of carboxylic acid groups (broad SMARTS) is 1. The Kier molecular flexibility index (Phi) is 8.65. The minimum atomic E-state index is -0.792. The number of aliphatic carboxylic acids is 1. The molecular weight excluding hydrogens is 332 g/mol. The van der Waals surface area contributed by atoms with Crippen molar-refractivity contribution in [3.63, 3.8) is 0 Å². The molecular formula is C19H36N4O3. The molecule has 0 aromatic heterocycles. The van der Waals surface area contributed by atoms with E-state index in [-0.39, 0.29) is 24.7 Å². The zero-order valence-electron chi connectivity index (χ0n) is 16.4. The predicted molar refractivity (Wildman–Crippen MR) is 102 cm³/mol. The molecule has 2 amide bonds. The van der Waals surface area contributed by atoms with Crippen LogP contribution in [-0.2, 0) is 4.79 Å². The van der Waals surface area contributed by atoms with Crippen LogP contribution in [0.5, 0.6) is 0 Å². The van der Waals surface area contributed by atoms with Gasteiger partial charge in [0.25, 0.3) is 0 Å². The molecule has 0 spiro atoms. The number of urea groups is 1. The van der Waals surface area contributed by atoms with Gasteiger partial charge in [0.05, 0.1) is 6.54 Å². The van der Waals surface area contributed by atoms with Crippen molar-refractivity contribution in [2.75, 3.05) is 33.2 Å². The Morgan fingerprint density at radius 2 is 1.81 bits per heavy atom. The standard InChI is InChI=1S/C19H36N4O3/c1-3-23(14-18(24)25)17-12-15(13-17)21-19(26)20-10-7-11-22(2)16-8-5-4-6-9-16/h15-17H,3-14H2,1-2H3,(H,24,25)(H2,20,21,26). The zero-order valence-corrected chi connectivity index (χ0v) is 16.4. The number of carboxylic acids is 1. The summed E-state index contributed by atoms with van der Waals surface area (Å²) in [4.78, 5) is 27.2. The molecule has 0 unspecified atom stereocenters. The first kappa shape index (κ1) is 21.0. The van der Waals surface area contributed by atoms with Gasteiger partial charge in [-0.25, -0.2) is 4.79 Å². The third kappa shape index (κ3) is 6.76. The number of hydrogen-bond acceptors (Lipinski definition) is 4. The summed E-state index contributed by atoms with van der Waals surface area (Å²) in [5.74, 6) is -0.792. The van der Waals surface area contributed by atoms with E-state index in [1.807, 2.05) is 11.8 Å². The number of amides is 2. The van der Waals surface area contributed by atoms with Gasteiger partial charge in [-0.2, -0.15) is 0 Å². The van der Waals surface area contributed by atoms with E-state index in [4.69, 9.17) is 5.11 Å². The minimum absolute atomic E-state index is 0.0780. The molecule has 0 atom stereocenters. The molecule has 3 N–H and O–H groups in total. The van der Waals surface area contributed by atoms with Crippen LogP contribution in [0.4, 0.5) is 4.79 Å². The summed E-state index contributed by atoms with van der Waals surface area (Å²) >= 11 is 0. The van der Waals surface area contributed by atoms with E-state index in [1.54, 1.807) is 0 Å². The Morgan fingerprint density at radius 1 is 1.12 bits per heavy atom. The first-order valence-electron chi connectivity index (χ1n) is 10.2. The topological polar surface area (TPSA) is 84.9 Å². The fraction of sp³-hybridized carbons (Fsp3) is 0.895. The second-order valence-corrected chi connectivity index (χ2v) is 7.81.